The van der Waals surface area contributed by atoms with Gasteiger partial charge in [-0.1, -0.05) is 85.6 Å². The molecule has 0 aliphatic carbocycles. The molecule has 2 fully saturated rings. The number of amides is 2. The van der Waals surface area contributed by atoms with E-state index in [1.165, 1.54) is 17.3 Å². The summed E-state index contributed by atoms with van der Waals surface area (Å²) in [5.41, 5.74) is 1.20. The highest BCUT2D eigenvalue weighted by molar-refractivity contribution is 7.99. The molecule has 10 heteroatoms. The predicted octanol–water partition coefficient (Wildman–Crippen LogP) is 4.70. The van der Waals surface area contributed by atoms with Crippen molar-refractivity contribution >= 4 is 47.1 Å². The first kappa shape index (κ1) is 30.3. The number of benzene rings is 1. The van der Waals surface area contributed by atoms with E-state index >= 15 is 0 Å². The fourth-order valence-electron chi connectivity index (χ4n) is 5.12. The first-order valence-electron chi connectivity index (χ1n) is 14.4. The molecule has 40 heavy (non-hydrogen) atoms. The summed E-state index contributed by atoms with van der Waals surface area (Å²) in [5.74, 6) is 1.36. The van der Waals surface area contributed by atoms with Crippen LogP contribution < -0.4 is 4.90 Å². The maximum Gasteiger partial charge on any atom is 0.233 e. The number of nitrogens with zero attached hydrogens (tertiary/aromatic N) is 6. The van der Waals surface area contributed by atoms with Crippen molar-refractivity contribution in [2.75, 3.05) is 63.0 Å². The second-order valence-corrected chi connectivity index (χ2v) is 11.8. The minimum atomic E-state index is 0.0958. The molecule has 2 aliphatic heterocycles. The number of aromatic nitrogens is 2. The van der Waals surface area contributed by atoms with E-state index in [0.717, 1.165) is 57.8 Å². The highest BCUT2D eigenvalue weighted by atomic mass is 35.5. The monoisotopic (exact) mass is 584 g/mol. The molecule has 1 aromatic carbocycles. The molecule has 0 spiro atoms. The fraction of sp³-hybridized carbons (Fsp3) is 0.533. The summed E-state index contributed by atoms with van der Waals surface area (Å²) in [6.45, 7) is 10.3. The number of unbranched alkanes of at least 4 members (excludes halogenated alkanes) is 2. The molecule has 0 N–H and O–H groups in total. The summed E-state index contributed by atoms with van der Waals surface area (Å²) in [6, 6.07) is 12.2. The van der Waals surface area contributed by atoms with E-state index in [2.05, 4.69) is 52.9 Å². The van der Waals surface area contributed by atoms with E-state index < -0.39 is 0 Å². The lowest BCUT2D eigenvalue weighted by molar-refractivity contribution is -0.133. The Balaban J connectivity index is 1.22. The van der Waals surface area contributed by atoms with Gasteiger partial charge in [0.25, 0.3) is 0 Å². The van der Waals surface area contributed by atoms with Gasteiger partial charge in [-0.05, 0) is 18.9 Å². The van der Waals surface area contributed by atoms with Crippen molar-refractivity contribution in [3.05, 3.63) is 53.2 Å². The van der Waals surface area contributed by atoms with Gasteiger partial charge < -0.3 is 14.7 Å². The molecule has 2 amide bonds. The quantitative estimate of drug-likeness (QED) is 0.164. The van der Waals surface area contributed by atoms with Gasteiger partial charge in [0.1, 0.15) is 11.0 Å². The van der Waals surface area contributed by atoms with Crippen LogP contribution in [0.25, 0.3) is 6.08 Å². The molecule has 1 unspecified atom stereocenters. The molecule has 4 rings (SSSR count). The Morgan fingerprint density at radius 2 is 1.80 bits per heavy atom. The molecule has 3 heterocycles. The minimum Gasteiger partial charge on any atom is -0.353 e. The van der Waals surface area contributed by atoms with Crippen molar-refractivity contribution in [3.8, 4) is 0 Å². The number of thioether (sulfide) groups is 1. The number of anilines is 1. The zero-order valence-electron chi connectivity index (χ0n) is 23.7. The molecule has 2 aromatic rings. The first-order valence-corrected chi connectivity index (χ1v) is 15.7. The van der Waals surface area contributed by atoms with Gasteiger partial charge in [0.05, 0.1) is 5.75 Å². The number of hydrogen-bond acceptors (Lipinski definition) is 7. The van der Waals surface area contributed by atoms with Crippen LogP contribution in [0.5, 0.6) is 0 Å². The molecule has 0 bridgehead atoms. The van der Waals surface area contributed by atoms with Crippen LogP contribution in [-0.4, -0.2) is 101 Å². The molecule has 0 saturated carbocycles. The lowest BCUT2D eigenvalue weighted by atomic mass is 10.1. The molecule has 1 atom stereocenters. The van der Waals surface area contributed by atoms with E-state index in [1.807, 2.05) is 28.0 Å². The number of carbonyl (C=O) groups is 2. The van der Waals surface area contributed by atoms with Crippen molar-refractivity contribution in [1.82, 2.24) is 24.7 Å². The van der Waals surface area contributed by atoms with E-state index in [9.17, 15) is 9.59 Å². The van der Waals surface area contributed by atoms with Crippen molar-refractivity contribution < 1.29 is 9.59 Å². The summed E-state index contributed by atoms with van der Waals surface area (Å²) < 4.78 is 0. The van der Waals surface area contributed by atoms with Crippen LogP contribution in [0.15, 0.2) is 47.6 Å². The molecule has 216 valence electrons. The van der Waals surface area contributed by atoms with Gasteiger partial charge in [-0.25, -0.2) is 9.97 Å². The third-order valence-corrected chi connectivity index (χ3v) is 8.48. The molecule has 8 nitrogen and oxygen atoms in total. The summed E-state index contributed by atoms with van der Waals surface area (Å²) in [7, 11) is 0. The molecular weight excluding hydrogens is 544 g/mol. The minimum absolute atomic E-state index is 0.0958. The number of carbonyl (C=O) groups excluding carboxylic acids is 2. The Morgan fingerprint density at radius 3 is 2.52 bits per heavy atom. The van der Waals surface area contributed by atoms with E-state index in [0.29, 0.717) is 36.4 Å². The number of rotatable bonds is 11. The highest BCUT2D eigenvalue weighted by Gasteiger charge is 2.28. The zero-order valence-corrected chi connectivity index (χ0v) is 25.2. The standard InChI is InChI=1S/C30H41ClN6O2S/c1-3-4-6-13-28(38)37-20-19-36(22-24(37)2)27-21-26(31)32-30(33-27)40-23-29(39)35-17-15-34(16-18-35)14-9-12-25-10-7-5-8-11-25/h5,7-12,21,24H,3-4,6,13-20,22-23H2,1-2H3/b12-9+. The third kappa shape index (κ3) is 8.94. The van der Waals surface area contributed by atoms with Gasteiger partial charge in [0.15, 0.2) is 5.16 Å². The summed E-state index contributed by atoms with van der Waals surface area (Å²) in [5, 5.41) is 0.870. The molecule has 2 aliphatic rings. The van der Waals surface area contributed by atoms with Gasteiger partial charge in [-0.2, -0.15) is 0 Å². The van der Waals surface area contributed by atoms with Crippen molar-refractivity contribution in [3.63, 3.8) is 0 Å². The van der Waals surface area contributed by atoms with Gasteiger partial charge in [0, 0.05) is 70.9 Å². The molecule has 0 radical (unpaired) electrons. The Hall–Kier alpha value is -2.62. The Labute approximate surface area is 247 Å². The van der Waals surface area contributed by atoms with Crippen LogP contribution in [0.1, 0.15) is 45.1 Å². The SMILES string of the molecule is CCCCCC(=O)N1CCN(c2cc(Cl)nc(SCC(=O)N3CCN(C/C=C/c4ccccc4)CC3)n2)CC1C. The maximum atomic E-state index is 12.9. The maximum absolute atomic E-state index is 12.9. The average Bonchev–Trinajstić information content (AvgIpc) is 2.96. The molecule has 1 aromatic heterocycles. The van der Waals surface area contributed by atoms with Crippen LogP contribution in [-0.2, 0) is 9.59 Å². The van der Waals surface area contributed by atoms with Crippen LogP contribution >= 0.6 is 23.4 Å². The van der Waals surface area contributed by atoms with Gasteiger partial charge >= 0.3 is 0 Å². The topological polar surface area (TPSA) is 72.9 Å². The van der Waals surface area contributed by atoms with Crippen LogP contribution in [0.4, 0.5) is 5.82 Å². The van der Waals surface area contributed by atoms with Gasteiger partial charge in [-0.3, -0.25) is 14.5 Å². The average molecular weight is 585 g/mol. The summed E-state index contributed by atoms with van der Waals surface area (Å²) in [6.07, 6.45) is 8.09. The normalized spacial score (nSPS) is 18.5. The predicted molar refractivity (Wildman–Crippen MR) is 164 cm³/mol. The van der Waals surface area contributed by atoms with E-state index in [4.69, 9.17) is 16.6 Å². The van der Waals surface area contributed by atoms with E-state index in [-0.39, 0.29) is 23.6 Å². The fourth-order valence-corrected chi connectivity index (χ4v) is 6.10. The lowest BCUT2D eigenvalue weighted by Crippen LogP contribution is -2.54. The van der Waals surface area contributed by atoms with Crippen molar-refractivity contribution in [2.24, 2.45) is 0 Å². The molecular formula is C30H41ClN6O2S. The summed E-state index contributed by atoms with van der Waals surface area (Å²) in [4.78, 5) is 43.1. The summed E-state index contributed by atoms with van der Waals surface area (Å²) >= 11 is 7.68. The highest BCUT2D eigenvalue weighted by Crippen LogP contribution is 2.25. The number of halogens is 1. The van der Waals surface area contributed by atoms with E-state index in [1.54, 1.807) is 6.07 Å². The second-order valence-electron chi connectivity index (χ2n) is 10.5. The number of hydrogen-bond donors (Lipinski definition) is 0. The van der Waals surface area contributed by atoms with Crippen LogP contribution in [0, 0.1) is 0 Å². The van der Waals surface area contributed by atoms with Crippen molar-refractivity contribution in [1.29, 1.82) is 0 Å². The molecule has 2 saturated heterocycles. The Bertz CT molecular complexity index is 1140. The van der Waals surface area contributed by atoms with Gasteiger partial charge in [-0.15, -0.1) is 0 Å². The first-order chi connectivity index (χ1) is 19.4. The zero-order chi connectivity index (χ0) is 28.3. The number of piperazine rings is 2. The second kappa shape index (κ2) is 15.4. The Kier molecular flexibility index (Phi) is 11.7. The van der Waals surface area contributed by atoms with Crippen molar-refractivity contribution in [2.45, 2.75) is 50.7 Å². The van der Waals surface area contributed by atoms with Gasteiger partial charge in [0.2, 0.25) is 11.8 Å². The Morgan fingerprint density at radius 1 is 1.02 bits per heavy atom. The lowest BCUT2D eigenvalue weighted by Gasteiger charge is -2.40. The largest absolute Gasteiger partial charge is 0.353 e. The third-order valence-electron chi connectivity index (χ3n) is 7.45. The van der Waals surface area contributed by atoms with Crippen LogP contribution in [0.2, 0.25) is 5.15 Å². The smallest absolute Gasteiger partial charge is 0.233 e. The van der Waals surface area contributed by atoms with Crippen LogP contribution in [0.3, 0.4) is 0 Å².